The van der Waals surface area contributed by atoms with Gasteiger partial charge in [-0.05, 0) is 51.3 Å². The number of aliphatic imine (C=N–C) groups is 1. The quantitative estimate of drug-likeness (QED) is 0.581. The largest absolute Gasteiger partial charge is 0.379 e. The fourth-order valence-electron chi connectivity index (χ4n) is 4.21. The van der Waals surface area contributed by atoms with Gasteiger partial charge in [0.25, 0.3) is 0 Å². The number of rotatable bonds is 6. The predicted octanol–water partition coefficient (Wildman–Crippen LogP) is 2.62. The molecule has 156 valence electrons. The second-order valence-corrected chi connectivity index (χ2v) is 8.12. The van der Waals surface area contributed by atoms with Gasteiger partial charge < -0.3 is 20.3 Å². The predicted molar refractivity (Wildman–Crippen MR) is 117 cm³/mol. The number of benzene rings is 1. The molecule has 0 aromatic heterocycles. The maximum atomic E-state index is 5.56. The number of ether oxygens (including phenoxy) is 1. The van der Waals surface area contributed by atoms with Crippen LogP contribution in [0.5, 0.6) is 0 Å². The minimum absolute atomic E-state index is 0.200. The van der Waals surface area contributed by atoms with E-state index >= 15 is 0 Å². The van der Waals surface area contributed by atoms with Crippen LogP contribution in [0.2, 0.25) is 0 Å². The Kier molecular flexibility index (Phi) is 7.57. The van der Waals surface area contributed by atoms with E-state index in [-0.39, 0.29) is 6.04 Å². The summed E-state index contributed by atoms with van der Waals surface area (Å²) in [7, 11) is 1.84. The van der Waals surface area contributed by atoms with E-state index < -0.39 is 0 Å². The Bertz CT molecular complexity index is 644. The first-order valence-corrected chi connectivity index (χ1v) is 10.7. The number of nitrogens with one attached hydrogen (secondary N) is 2. The maximum Gasteiger partial charge on any atom is 0.191 e. The van der Waals surface area contributed by atoms with Crippen molar-refractivity contribution in [2.75, 3.05) is 51.3 Å². The lowest BCUT2D eigenvalue weighted by atomic mass is 10.1. The molecule has 6 heteroatoms. The van der Waals surface area contributed by atoms with Crippen LogP contribution in [-0.4, -0.2) is 69.4 Å². The topological polar surface area (TPSA) is 52.1 Å². The lowest BCUT2D eigenvalue weighted by molar-refractivity contribution is -0.0174. The molecular formula is C22H37N5O. The van der Waals surface area contributed by atoms with E-state index in [1.165, 1.54) is 37.2 Å². The van der Waals surface area contributed by atoms with E-state index in [0.717, 1.165) is 32.3 Å². The molecule has 0 spiro atoms. The molecule has 2 aliphatic rings. The molecule has 0 bridgehead atoms. The van der Waals surface area contributed by atoms with Crippen molar-refractivity contribution in [3.05, 3.63) is 29.8 Å². The van der Waals surface area contributed by atoms with E-state index in [1.807, 2.05) is 7.05 Å². The monoisotopic (exact) mass is 387 g/mol. The van der Waals surface area contributed by atoms with E-state index in [9.17, 15) is 0 Å². The van der Waals surface area contributed by atoms with E-state index in [1.54, 1.807) is 0 Å². The Hall–Kier alpha value is -1.79. The molecule has 28 heavy (non-hydrogen) atoms. The van der Waals surface area contributed by atoms with Crippen LogP contribution < -0.4 is 15.5 Å². The highest BCUT2D eigenvalue weighted by Gasteiger charge is 2.23. The van der Waals surface area contributed by atoms with Crippen molar-refractivity contribution in [2.45, 2.75) is 51.7 Å². The fourth-order valence-corrected chi connectivity index (χ4v) is 4.21. The van der Waals surface area contributed by atoms with E-state index in [4.69, 9.17) is 4.74 Å². The molecule has 1 aromatic rings. The van der Waals surface area contributed by atoms with Crippen molar-refractivity contribution < 1.29 is 4.74 Å². The van der Waals surface area contributed by atoms with Gasteiger partial charge in [-0.2, -0.15) is 0 Å². The SMILES string of the molecule is CN=C(NCC(C)N1CCOCC1C)NC(C)c1cccc(N2CCCC2)c1. The highest BCUT2D eigenvalue weighted by atomic mass is 16.5. The Morgan fingerprint density at radius 2 is 2.04 bits per heavy atom. The fraction of sp³-hybridized carbons (Fsp3) is 0.682. The molecule has 2 fully saturated rings. The Morgan fingerprint density at radius 3 is 2.75 bits per heavy atom. The average Bonchev–Trinajstić information content (AvgIpc) is 3.26. The molecule has 6 nitrogen and oxygen atoms in total. The maximum absolute atomic E-state index is 5.56. The van der Waals surface area contributed by atoms with Gasteiger partial charge >= 0.3 is 0 Å². The van der Waals surface area contributed by atoms with Crippen LogP contribution in [0.4, 0.5) is 5.69 Å². The van der Waals surface area contributed by atoms with Crippen LogP contribution in [0.25, 0.3) is 0 Å². The molecule has 2 aliphatic heterocycles. The molecule has 3 atom stereocenters. The number of morpholine rings is 1. The average molecular weight is 388 g/mol. The van der Waals surface area contributed by atoms with Crippen molar-refractivity contribution in [1.29, 1.82) is 0 Å². The number of nitrogens with zero attached hydrogens (tertiary/aromatic N) is 3. The normalized spacial score (nSPS) is 23.5. The number of guanidine groups is 1. The third kappa shape index (κ3) is 5.39. The van der Waals surface area contributed by atoms with Crippen molar-refractivity contribution in [2.24, 2.45) is 4.99 Å². The summed E-state index contributed by atoms with van der Waals surface area (Å²) in [4.78, 5) is 9.42. The summed E-state index contributed by atoms with van der Waals surface area (Å²) in [5.74, 6) is 0.854. The molecular weight excluding hydrogens is 350 g/mol. The van der Waals surface area contributed by atoms with Crippen molar-refractivity contribution in [3.63, 3.8) is 0 Å². The van der Waals surface area contributed by atoms with Gasteiger partial charge in [0, 0.05) is 51.0 Å². The molecule has 0 amide bonds. The molecule has 3 rings (SSSR count). The Labute approximate surface area is 170 Å². The van der Waals surface area contributed by atoms with Gasteiger partial charge in [0.1, 0.15) is 0 Å². The molecule has 2 saturated heterocycles. The molecule has 3 unspecified atom stereocenters. The highest BCUT2D eigenvalue weighted by molar-refractivity contribution is 5.80. The molecule has 2 N–H and O–H groups in total. The number of hydrogen-bond acceptors (Lipinski definition) is 4. The van der Waals surface area contributed by atoms with E-state index in [2.05, 4.69) is 70.5 Å². The third-order valence-corrected chi connectivity index (χ3v) is 5.97. The minimum Gasteiger partial charge on any atom is -0.379 e. The second kappa shape index (κ2) is 10.1. The van der Waals surface area contributed by atoms with Crippen LogP contribution in [0.3, 0.4) is 0 Å². The third-order valence-electron chi connectivity index (χ3n) is 5.97. The zero-order valence-electron chi connectivity index (χ0n) is 17.9. The van der Waals surface area contributed by atoms with Gasteiger partial charge in [-0.15, -0.1) is 0 Å². The van der Waals surface area contributed by atoms with E-state index in [0.29, 0.717) is 12.1 Å². The lowest BCUT2D eigenvalue weighted by Crippen LogP contribution is -2.53. The lowest BCUT2D eigenvalue weighted by Gasteiger charge is -2.38. The summed E-state index contributed by atoms with van der Waals surface area (Å²) < 4.78 is 5.56. The summed E-state index contributed by atoms with van der Waals surface area (Å²) in [6.07, 6.45) is 2.60. The van der Waals surface area contributed by atoms with Gasteiger partial charge in [-0.25, -0.2) is 0 Å². The van der Waals surface area contributed by atoms with Gasteiger partial charge in [-0.1, -0.05) is 12.1 Å². The van der Waals surface area contributed by atoms with Crippen LogP contribution >= 0.6 is 0 Å². The summed E-state index contributed by atoms with van der Waals surface area (Å²) in [6, 6.07) is 10.0. The minimum atomic E-state index is 0.200. The highest BCUT2D eigenvalue weighted by Crippen LogP contribution is 2.24. The molecule has 0 radical (unpaired) electrons. The molecule has 1 aromatic carbocycles. The first-order chi connectivity index (χ1) is 13.6. The molecule has 0 aliphatic carbocycles. The van der Waals surface area contributed by atoms with Gasteiger partial charge in [0.2, 0.25) is 0 Å². The Balaban J connectivity index is 1.53. The summed E-state index contributed by atoms with van der Waals surface area (Å²) in [6.45, 7) is 12.6. The van der Waals surface area contributed by atoms with Crippen molar-refractivity contribution >= 4 is 11.6 Å². The zero-order valence-corrected chi connectivity index (χ0v) is 17.9. The smallest absolute Gasteiger partial charge is 0.191 e. The van der Waals surface area contributed by atoms with Crippen LogP contribution in [-0.2, 0) is 4.74 Å². The first kappa shape index (κ1) is 20.9. The molecule has 0 saturated carbocycles. The van der Waals surface area contributed by atoms with Gasteiger partial charge in [0.05, 0.1) is 19.3 Å². The van der Waals surface area contributed by atoms with Crippen LogP contribution in [0, 0.1) is 0 Å². The van der Waals surface area contributed by atoms with Crippen LogP contribution in [0.1, 0.15) is 45.2 Å². The van der Waals surface area contributed by atoms with Crippen molar-refractivity contribution in [3.8, 4) is 0 Å². The number of anilines is 1. The molecule has 2 heterocycles. The summed E-state index contributed by atoms with van der Waals surface area (Å²) in [5.41, 5.74) is 2.63. The zero-order chi connectivity index (χ0) is 19.9. The Morgan fingerprint density at radius 1 is 1.25 bits per heavy atom. The number of hydrogen-bond donors (Lipinski definition) is 2. The summed E-state index contributed by atoms with van der Waals surface area (Å²) in [5, 5.41) is 7.05. The van der Waals surface area contributed by atoms with Crippen molar-refractivity contribution in [1.82, 2.24) is 15.5 Å². The van der Waals surface area contributed by atoms with Gasteiger partial charge in [-0.3, -0.25) is 9.89 Å². The first-order valence-electron chi connectivity index (χ1n) is 10.7. The summed E-state index contributed by atoms with van der Waals surface area (Å²) >= 11 is 0. The van der Waals surface area contributed by atoms with Gasteiger partial charge in [0.15, 0.2) is 5.96 Å². The van der Waals surface area contributed by atoms with Crippen LogP contribution in [0.15, 0.2) is 29.3 Å². The second-order valence-electron chi connectivity index (χ2n) is 8.12. The standard InChI is InChI=1S/C22H37N5O/c1-17(27-12-13-28-16-18(27)2)15-24-22(23-4)25-19(3)20-8-7-9-21(14-20)26-10-5-6-11-26/h7-9,14,17-19H,5-6,10-13,15-16H2,1-4H3,(H2,23,24,25).